The summed E-state index contributed by atoms with van der Waals surface area (Å²) in [5.74, 6) is -0.157. The molecule has 176 valence electrons. The number of benzene rings is 1. The van der Waals surface area contributed by atoms with E-state index in [-0.39, 0.29) is 18.5 Å². The first-order chi connectivity index (χ1) is 15.7. The summed E-state index contributed by atoms with van der Waals surface area (Å²) in [6, 6.07) is 6.62. The van der Waals surface area contributed by atoms with Crippen molar-refractivity contribution in [3.63, 3.8) is 0 Å². The number of carbonyl (C=O) groups excluding carboxylic acids is 1. The summed E-state index contributed by atoms with van der Waals surface area (Å²) in [5, 5.41) is 4.46. The van der Waals surface area contributed by atoms with Crippen molar-refractivity contribution >= 4 is 11.6 Å². The van der Waals surface area contributed by atoms with Gasteiger partial charge in [0.05, 0.1) is 24.1 Å². The lowest BCUT2D eigenvalue weighted by atomic mass is 9.76. The van der Waals surface area contributed by atoms with Crippen LogP contribution in [0.4, 0.5) is 13.2 Å². The second-order valence-electron chi connectivity index (χ2n) is 8.54. The molecule has 2 atom stereocenters. The molecule has 2 unspecified atom stereocenters. The summed E-state index contributed by atoms with van der Waals surface area (Å²) in [5.41, 5.74) is 0.503. The molecule has 4 rings (SSSR count). The molecule has 1 aliphatic heterocycles. The van der Waals surface area contributed by atoms with E-state index in [2.05, 4.69) is 10.1 Å². The van der Waals surface area contributed by atoms with Crippen LogP contribution >= 0.6 is 0 Å². The fourth-order valence-electron chi connectivity index (χ4n) is 4.48. The topological polar surface area (TPSA) is 65.7 Å². The number of hydrogen-bond acceptors (Lipinski definition) is 5. The van der Waals surface area contributed by atoms with E-state index in [0.29, 0.717) is 35.5 Å². The standard InChI is InChI=1S/C24H26F3N3O3/c1-3-33-22(31)23(2,13-16-5-4-12-32-15-16)20-10-11-28-21-19(14-29-30(20)21)17-6-8-18(9-7-17)24(25,26)27/h6-11,14,16H,3-5,12-13,15H2,1-2H3. The summed E-state index contributed by atoms with van der Waals surface area (Å²) in [7, 11) is 0. The Morgan fingerprint density at radius 1 is 1.24 bits per heavy atom. The minimum Gasteiger partial charge on any atom is -0.465 e. The molecule has 33 heavy (non-hydrogen) atoms. The summed E-state index contributed by atoms with van der Waals surface area (Å²) < 4.78 is 51.5. The lowest BCUT2D eigenvalue weighted by Gasteiger charge is -2.33. The van der Waals surface area contributed by atoms with Crippen molar-refractivity contribution in [2.75, 3.05) is 19.8 Å². The van der Waals surface area contributed by atoms with Gasteiger partial charge in [-0.1, -0.05) is 12.1 Å². The van der Waals surface area contributed by atoms with Crippen LogP contribution in [0.15, 0.2) is 42.7 Å². The average Bonchev–Trinajstić information content (AvgIpc) is 3.23. The van der Waals surface area contributed by atoms with E-state index in [9.17, 15) is 18.0 Å². The van der Waals surface area contributed by atoms with Gasteiger partial charge in [-0.2, -0.15) is 18.3 Å². The zero-order valence-electron chi connectivity index (χ0n) is 18.6. The van der Waals surface area contributed by atoms with Gasteiger partial charge in [-0.05, 0) is 62.8 Å². The number of nitrogens with zero attached hydrogens (tertiary/aromatic N) is 3. The molecule has 0 amide bonds. The maximum absolute atomic E-state index is 13.2. The summed E-state index contributed by atoms with van der Waals surface area (Å²) in [6.07, 6.45) is 1.17. The summed E-state index contributed by atoms with van der Waals surface area (Å²) in [6.45, 7) is 5.16. The van der Waals surface area contributed by atoms with Crippen LogP contribution in [-0.4, -0.2) is 40.4 Å². The van der Waals surface area contributed by atoms with Crippen molar-refractivity contribution in [2.24, 2.45) is 5.92 Å². The third kappa shape index (κ3) is 4.59. The highest BCUT2D eigenvalue weighted by atomic mass is 19.4. The average molecular weight is 461 g/mol. The first kappa shape index (κ1) is 23.2. The molecule has 0 bridgehead atoms. The molecule has 6 nitrogen and oxygen atoms in total. The van der Waals surface area contributed by atoms with Crippen molar-refractivity contribution in [3.05, 3.63) is 54.0 Å². The van der Waals surface area contributed by atoms with Gasteiger partial charge in [-0.3, -0.25) is 4.79 Å². The summed E-state index contributed by atoms with van der Waals surface area (Å²) in [4.78, 5) is 17.6. The van der Waals surface area contributed by atoms with Gasteiger partial charge >= 0.3 is 12.1 Å². The Morgan fingerprint density at radius 3 is 2.64 bits per heavy atom. The molecule has 1 saturated heterocycles. The minimum atomic E-state index is -4.41. The second-order valence-corrected chi connectivity index (χ2v) is 8.54. The Kier molecular flexibility index (Phi) is 6.43. The van der Waals surface area contributed by atoms with Crippen LogP contribution in [0.5, 0.6) is 0 Å². The van der Waals surface area contributed by atoms with Crippen LogP contribution < -0.4 is 0 Å². The number of aromatic nitrogens is 3. The molecule has 1 aromatic carbocycles. The minimum absolute atomic E-state index is 0.196. The fraction of sp³-hybridized carbons (Fsp3) is 0.458. The number of ether oxygens (including phenoxy) is 2. The number of rotatable bonds is 6. The molecule has 1 aliphatic rings. The number of halogens is 3. The number of alkyl halides is 3. The smallest absolute Gasteiger partial charge is 0.416 e. The molecule has 3 heterocycles. The van der Waals surface area contributed by atoms with Crippen LogP contribution in [0.1, 0.15) is 44.4 Å². The molecule has 2 aromatic heterocycles. The van der Waals surface area contributed by atoms with Crippen molar-refractivity contribution in [1.29, 1.82) is 0 Å². The first-order valence-corrected chi connectivity index (χ1v) is 11.0. The molecular weight excluding hydrogens is 435 g/mol. The molecule has 0 spiro atoms. The van der Waals surface area contributed by atoms with E-state index in [0.717, 1.165) is 31.6 Å². The highest BCUT2D eigenvalue weighted by Crippen LogP contribution is 2.37. The molecule has 0 aliphatic carbocycles. The van der Waals surface area contributed by atoms with Gasteiger partial charge < -0.3 is 9.47 Å². The van der Waals surface area contributed by atoms with E-state index in [1.54, 1.807) is 29.9 Å². The van der Waals surface area contributed by atoms with E-state index in [1.165, 1.54) is 12.1 Å². The Labute approximate surface area is 189 Å². The Hall–Kier alpha value is -2.94. The van der Waals surface area contributed by atoms with E-state index in [4.69, 9.17) is 9.47 Å². The number of carbonyl (C=O) groups is 1. The Balaban J connectivity index is 1.76. The monoisotopic (exact) mass is 461 g/mol. The van der Waals surface area contributed by atoms with Crippen LogP contribution in [-0.2, 0) is 25.9 Å². The lowest BCUT2D eigenvalue weighted by Crippen LogP contribution is -2.40. The lowest BCUT2D eigenvalue weighted by molar-refractivity contribution is -0.151. The zero-order valence-corrected chi connectivity index (χ0v) is 18.6. The van der Waals surface area contributed by atoms with E-state index in [1.807, 2.05) is 6.92 Å². The van der Waals surface area contributed by atoms with Gasteiger partial charge in [0.1, 0.15) is 5.41 Å². The fourth-order valence-corrected chi connectivity index (χ4v) is 4.48. The van der Waals surface area contributed by atoms with Crippen LogP contribution in [0.2, 0.25) is 0 Å². The molecule has 0 saturated carbocycles. The normalized spacial score (nSPS) is 18.8. The van der Waals surface area contributed by atoms with E-state index >= 15 is 0 Å². The van der Waals surface area contributed by atoms with Gasteiger partial charge in [-0.25, -0.2) is 9.50 Å². The first-order valence-electron chi connectivity index (χ1n) is 11.0. The van der Waals surface area contributed by atoms with Gasteiger partial charge in [0, 0.05) is 25.0 Å². The quantitative estimate of drug-likeness (QED) is 0.481. The molecule has 3 aromatic rings. The van der Waals surface area contributed by atoms with Crippen molar-refractivity contribution in [3.8, 4) is 11.1 Å². The SMILES string of the molecule is CCOC(=O)C(C)(CC1CCCOC1)c1ccnc2c(-c3ccc(C(F)(F)F)cc3)cnn12. The third-order valence-corrected chi connectivity index (χ3v) is 6.17. The zero-order chi connectivity index (χ0) is 23.6. The summed E-state index contributed by atoms with van der Waals surface area (Å²) >= 11 is 0. The van der Waals surface area contributed by atoms with E-state index < -0.39 is 17.2 Å². The van der Waals surface area contributed by atoms with Crippen molar-refractivity contribution < 1.29 is 27.4 Å². The molecule has 9 heteroatoms. The van der Waals surface area contributed by atoms with Crippen LogP contribution in [0.3, 0.4) is 0 Å². The molecular formula is C24H26F3N3O3. The number of fused-ring (bicyclic) bond motifs is 1. The number of esters is 1. The molecule has 0 radical (unpaired) electrons. The van der Waals surface area contributed by atoms with Crippen LogP contribution in [0, 0.1) is 5.92 Å². The predicted molar refractivity (Wildman–Crippen MR) is 116 cm³/mol. The Bertz CT molecular complexity index is 1120. The highest BCUT2D eigenvalue weighted by Gasteiger charge is 2.42. The second kappa shape index (κ2) is 9.13. The van der Waals surface area contributed by atoms with Crippen molar-refractivity contribution in [2.45, 2.75) is 44.7 Å². The maximum atomic E-state index is 13.2. The largest absolute Gasteiger partial charge is 0.465 e. The highest BCUT2D eigenvalue weighted by molar-refractivity contribution is 5.83. The third-order valence-electron chi connectivity index (χ3n) is 6.17. The predicted octanol–water partition coefficient (Wildman–Crippen LogP) is 5.05. The van der Waals surface area contributed by atoms with Gasteiger partial charge in [-0.15, -0.1) is 0 Å². The Morgan fingerprint density at radius 2 is 2.00 bits per heavy atom. The van der Waals surface area contributed by atoms with Gasteiger partial charge in [0.25, 0.3) is 0 Å². The van der Waals surface area contributed by atoms with Gasteiger partial charge in [0.2, 0.25) is 0 Å². The molecule has 1 fully saturated rings. The maximum Gasteiger partial charge on any atom is 0.416 e. The van der Waals surface area contributed by atoms with Crippen molar-refractivity contribution in [1.82, 2.24) is 14.6 Å². The molecule has 0 N–H and O–H groups in total. The van der Waals surface area contributed by atoms with Crippen LogP contribution in [0.25, 0.3) is 16.8 Å². The van der Waals surface area contributed by atoms with Gasteiger partial charge in [0.15, 0.2) is 5.65 Å². The number of hydrogen-bond donors (Lipinski definition) is 0.